The summed E-state index contributed by atoms with van der Waals surface area (Å²) in [6.07, 6.45) is 0.673. The van der Waals surface area contributed by atoms with Gasteiger partial charge in [0.25, 0.3) is 5.91 Å². The summed E-state index contributed by atoms with van der Waals surface area (Å²) in [7, 11) is -1.17. The van der Waals surface area contributed by atoms with Crippen molar-refractivity contribution >= 4 is 39.9 Å². The molecule has 4 unspecified atom stereocenters. The molecule has 4 atom stereocenters. The lowest BCUT2D eigenvalue weighted by Crippen LogP contribution is -2.57. The van der Waals surface area contributed by atoms with Gasteiger partial charge in [-0.05, 0) is 69.4 Å². The number of morpholine rings is 1. The molecule has 0 bridgehead atoms. The molecule has 194 valence electrons. The van der Waals surface area contributed by atoms with Gasteiger partial charge in [-0.1, -0.05) is 35.9 Å². The topological polar surface area (TPSA) is 75.7 Å². The Bertz CT molecular complexity index is 1130. The van der Waals surface area contributed by atoms with Gasteiger partial charge in [0.05, 0.1) is 24.8 Å². The van der Waals surface area contributed by atoms with E-state index in [0.717, 1.165) is 18.4 Å². The number of amides is 2. The Kier molecular flexibility index (Phi) is 8.17. The molecule has 0 radical (unpaired) electrons. The van der Waals surface area contributed by atoms with E-state index in [1.54, 1.807) is 23.1 Å². The first kappa shape index (κ1) is 26.8. The highest BCUT2D eigenvalue weighted by atomic mass is 35.5. The maximum atomic E-state index is 14.0. The molecule has 0 aromatic heterocycles. The molecule has 4 rings (SSSR count). The number of hydrogen-bond donors (Lipinski definition) is 1. The Balaban J connectivity index is 1.59. The molecule has 9 heteroatoms. The highest BCUT2D eigenvalue weighted by Crippen LogP contribution is 2.42. The molecular formula is C27H32ClFN2O4S. The van der Waals surface area contributed by atoms with Crippen LogP contribution in [0.4, 0.5) is 10.1 Å². The Morgan fingerprint density at radius 2 is 1.86 bits per heavy atom. The van der Waals surface area contributed by atoms with Crippen molar-refractivity contribution < 1.29 is 22.9 Å². The maximum Gasteiger partial charge on any atom is 0.253 e. The maximum absolute atomic E-state index is 14.0. The third-order valence-electron chi connectivity index (χ3n) is 6.62. The molecular weight excluding hydrogens is 503 g/mol. The third-order valence-corrected chi connectivity index (χ3v) is 8.89. The van der Waals surface area contributed by atoms with Crippen molar-refractivity contribution in [2.75, 3.05) is 17.7 Å². The lowest BCUT2D eigenvalue weighted by atomic mass is 9.98. The van der Waals surface area contributed by atoms with Gasteiger partial charge < -0.3 is 15.0 Å². The zero-order valence-corrected chi connectivity index (χ0v) is 22.3. The fourth-order valence-electron chi connectivity index (χ4n) is 4.42. The first-order valence-corrected chi connectivity index (χ1v) is 13.9. The Morgan fingerprint density at radius 1 is 1.19 bits per heavy atom. The van der Waals surface area contributed by atoms with Gasteiger partial charge in [0.15, 0.2) is 0 Å². The molecule has 2 aromatic carbocycles. The number of nitrogens with zero attached hydrogens (tertiary/aromatic N) is 1. The van der Waals surface area contributed by atoms with Crippen molar-refractivity contribution in [3.05, 3.63) is 64.9 Å². The van der Waals surface area contributed by atoms with Gasteiger partial charge in [0, 0.05) is 32.4 Å². The van der Waals surface area contributed by atoms with Gasteiger partial charge in [-0.2, -0.15) is 0 Å². The van der Waals surface area contributed by atoms with E-state index in [4.69, 9.17) is 16.3 Å². The van der Waals surface area contributed by atoms with Crippen LogP contribution in [-0.2, 0) is 25.1 Å². The van der Waals surface area contributed by atoms with E-state index < -0.39 is 33.4 Å². The molecule has 2 amide bonds. The number of anilines is 1. The normalized spacial score (nSPS) is 22.2. The minimum atomic E-state index is -1.17. The van der Waals surface area contributed by atoms with E-state index in [1.807, 2.05) is 32.9 Å². The number of carbonyl (C=O) groups excluding carboxylic acids is 2. The quantitative estimate of drug-likeness (QED) is 0.511. The molecule has 1 heterocycles. The third kappa shape index (κ3) is 6.33. The van der Waals surface area contributed by atoms with E-state index in [2.05, 4.69) is 5.32 Å². The minimum absolute atomic E-state index is 0.0538. The summed E-state index contributed by atoms with van der Waals surface area (Å²) in [6, 6.07) is 12.5. The summed E-state index contributed by atoms with van der Waals surface area (Å²) in [5, 5.41) is 3.12. The molecule has 1 N–H and O–H groups in total. The Hall–Kier alpha value is -2.29. The van der Waals surface area contributed by atoms with Crippen LogP contribution in [0.15, 0.2) is 48.5 Å². The molecule has 6 nitrogen and oxygen atoms in total. The van der Waals surface area contributed by atoms with Crippen LogP contribution in [0.1, 0.15) is 51.6 Å². The summed E-state index contributed by atoms with van der Waals surface area (Å²) in [5.74, 6) is -0.763. The smallest absolute Gasteiger partial charge is 0.253 e. The molecule has 1 saturated heterocycles. The van der Waals surface area contributed by atoms with Gasteiger partial charge in [0.2, 0.25) is 5.91 Å². The highest BCUT2D eigenvalue weighted by molar-refractivity contribution is 7.86. The van der Waals surface area contributed by atoms with Gasteiger partial charge in [-0.15, -0.1) is 0 Å². The second-order valence-corrected chi connectivity index (χ2v) is 13.1. The first-order chi connectivity index (χ1) is 17.0. The Morgan fingerprint density at radius 3 is 2.47 bits per heavy atom. The van der Waals surface area contributed by atoms with Crippen molar-refractivity contribution in [3.63, 3.8) is 0 Å². The van der Waals surface area contributed by atoms with E-state index in [9.17, 15) is 18.2 Å². The summed E-state index contributed by atoms with van der Waals surface area (Å²) in [5.41, 5.74) is 0.923. The van der Waals surface area contributed by atoms with Crippen LogP contribution in [-0.4, -0.2) is 50.2 Å². The SMILES string of the molecule is CC(C)(C)S(=O)CC(C1CC1)N1C(=O)C(CC(=O)Nc2ccccc2F)OCC1c1ccc(Cl)cc1. The highest BCUT2D eigenvalue weighted by Gasteiger charge is 2.47. The monoisotopic (exact) mass is 534 g/mol. The van der Waals surface area contributed by atoms with Gasteiger partial charge >= 0.3 is 0 Å². The van der Waals surface area contributed by atoms with E-state index in [-0.39, 0.29) is 42.6 Å². The van der Waals surface area contributed by atoms with Gasteiger partial charge in [-0.3, -0.25) is 13.8 Å². The lowest BCUT2D eigenvalue weighted by molar-refractivity contribution is -0.166. The Labute approximate surface area is 219 Å². The van der Waals surface area contributed by atoms with Crippen molar-refractivity contribution in [1.82, 2.24) is 4.90 Å². The van der Waals surface area contributed by atoms with Crippen molar-refractivity contribution in [2.45, 2.75) is 63.0 Å². The number of halogens is 2. The lowest BCUT2D eigenvalue weighted by Gasteiger charge is -2.44. The van der Waals surface area contributed by atoms with Crippen LogP contribution in [0.5, 0.6) is 0 Å². The molecule has 1 saturated carbocycles. The number of ether oxygens (including phenoxy) is 1. The average molecular weight is 535 g/mol. The summed E-state index contributed by atoms with van der Waals surface area (Å²) in [4.78, 5) is 28.4. The molecule has 2 aromatic rings. The van der Waals surface area contributed by atoms with Crippen molar-refractivity contribution in [1.29, 1.82) is 0 Å². The number of hydrogen-bond acceptors (Lipinski definition) is 4. The average Bonchev–Trinajstić information content (AvgIpc) is 3.66. The van der Waals surface area contributed by atoms with E-state index >= 15 is 0 Å². The summed E-state index contributed by atoms with van der Waals surface area (Å²) >= 11 is 6.09. The predicted molar refractivity (Wildman–Crippen MR) is 140 cm³/mol. The van der Waals surface area contributed by atoms with Crippen molar-refractivity contribution in [2.24, 2.45) is 5.92 Å². The number of nitrogens with one attached hydrogen (secondary N) is 1. The predicted octanol–water partition coefficient (Wildman–Crippen LogP) is 5.10. The van der Waals surface area contributed by atoms with Crippen LogP contribution < -0.4 is 5.32 Å². The summed E-state index contributed by atoms with van der Waals surface area (Å²) in [6.45, 7) is 5.98. The van der Waals surface area contributed by atoms with Crippen LogP contribution in [0.3, 0.4) is 0 Å². The van der Waals surface area contributed by atoms with E-state index in [1.165, 1.54) is 18.2 Å². The van der Waals surface area contributed by atoms with Gasteiger partial charge in [0.1, 0.15) is 11.9 Å². The largest absolute Gasteiger partial charge is 0.365 e. The fourth-order valence-corrected chi connectivity index (χ4v) is 5.79. The number of carbonyl (C=O) groups is 2. The first-order valence-electron chi connectivity index (χ1n) is 12.2. The van der Waals surface area contributed by atoms with Crippen LogP contribution in [0, 0.1) is 11.7 Å². The zero-order chi connectivity index (χ0) is 26.0. The van der Waals surface area contributed by atoms with Gasteiger partial charge in [-0.25, -0.2) is 4.39 Å². The van der Waals surface area contributed by atoms with Crippen LogP contribution >= 0.6 is 11.6 Å². The standard InChI is InChI=1S/C27H32ClFN2O4S/c1-27(2,3)36(34)16-23(18-8-9-18)31-22(17-10-12-19(28)13-11-17)15-35-24(26(31)33)14-25(32)30-21-7-5-4-6-20(21)29/h4-7,10-13,18,22-24H,8-9,14-16H2,1-3H3,(H,30,32). The number of para-hydroxylation sites is 1. The van der Waals surface area contributed by atoms with E-state index in [0.29, 0.717) is 10.8 Å². The molecule has 0 spiro atoms. The molecule has 1 aliphatic carbocycles. The number of rotatable bonds is 8. The zero-order valence-electron chi connectivity index (χ0n) is 20.7. The minimum Gasteiger partial charge on any atom is -0.365 e. The number of benzene rings is 2. The summed E-state index contributed by atoms with van der Waals surface area (Å²) < 4.78 is 32.7. The molecule has 36 heavy (non-hydrogen) atoms. The fraction of sp³-hybridized carbons (Fsp3) is 0.481. The second-order valence-electron chi connectivity index (χ2n) is 10.4. The second kappa shape index (κ2) is 11.0. The van der Waals surface area contributed by atoms with Crippen molar-refractivity contribution in [3.8, 4) is 0 Å². The van der Waals surface area contributed by atoms with Crippen LogP contribution in [0.25, 0.3) is 0 Å². The molecule has 2 fully saturated rings. The molecule has 1 aliphatic heterocycles. The molecule has 2 aliphatic rings. The van der Waals surface area contributed by atoms with Crippen LogP contribution in [0.2, 0.25) is 5.02 Å².